The zero-order valence-corrected chi connectivity index (χ0v) is 16.6. The van der Waals surface area contributed by atoms with Crippen molar-refractivity contribution in [2.45, 2.75) is 13.3 Å². The molecule has 0 heterocycles. The van der Waals surface area contributed by atoms with E-state index in [1.807, 2.05) is 6.92 Å². The fourth-order valence-corrected chi connectivity index (χ4v) is 0. The molecule has 6 heteroatoms. The molecule has 0 rings (SSSR count). The van der Waals surface area contributed by atoms with Crippen LogP contribution in [0.3, 0.4) is 0 Å². The van der Waals surface area contributed by atoms with E-state index >= 15 is 0 Å². The maximum absolute atomic E-state index is 3.50. The summed E-state index contributed by atoms with van der Waals surface area (Å²) < 4.78 is 0. The summed E-state index contributed by atoms with van der Waals surface area (Å²) >= 11 is 0. The largest absolute Gasteiger partial charge is 0.693 e. The van der Waals surface area contributed by atoms with Crippen LogP contribution in [0.1, 0.15) is 13.3 Å². The molecule has 0 aromatic heterocycles. The zero-order valence-electron chi connectivity index (χ0n) is 13.4. The van der Waals surface area contributed by atoms with Crippen LogP contribution in [0.2, 0.25) is 0 Å². The van der Waals surface area contributed by atoms with Crippen LogP contribution >= 0.6 is 0 Å². The van der Waals surface area contributed by atoms with Crippen molar-refractivity contribution in [3.8, 4) is 0 Å². The minimum absolute atomic E-state index is 0. The number of nitrogens with zero attached hydrogens (tertiary/aromatic N) is 3. The Labute approximate surface area is 128 Å². The average Bonchev–Trinajstić information content (AvgIpc) is 1.92. The van der Waals surface area contributed by atoms with Gasteiger partial charge in [-0.05, 0) is 0 Å². The molecule has 0 bridgehead atoms. The normalized spacial score (nSPS) is 4.24. The van der Waals surface area contributed by atoms with E-state index in [2.05, 4.69) is 22.9 Å². The van der Waals surface area contributed by atoms with Crippen LogP contribution in [0.4, 0.5) is 0 Å². The summed E-state index contributed by atoms with van der Waals surface area (Å²) in [5.41, 5.74) is 0. The Bertz CT molecular complexity index is 27.8. The van der Waals surface area contributed by atoms with Gasteiger partial charge in [-0.25, -0.2) is 0 Å². The number of hydrogen-bond acceptors (Lipinski definition) is 0. The molecule has 0 saturated heterocycles. The molecule has 0 atom stereocenters. The van der Waals surface area contributed by atoms with Gasteiger partial charge < -0.3 is 50.0 Å². The fraction of sp³-hybridized carbons (Fsp3) is 0.727. The molecule has 0 aliphatic heterocycles. The van der Waals surface area contributed by atoms with Gasteiger partial charge in [-0.3, -0.25) is 0 Å². The van der Waals surface area contributed by atoms with E-state index in [1.165, 1.54) is 0 Å². The summed E-state index contributed by atoms with van der Waals surface area (Å²) in [5, 5.41) is 10.5. The number of hydrogen-bond donors (Lipinski definition) is 0. The van der Waals surface area contributed by atoms with Crippen LogP contribution in [0.15, 0.2) is 0 Å². The van der Waals surface area contributed by atoms with Gasteiger partial charge >= 0.3 is 0 Å². The van der Waals surface area contributed by atoms with E-state index in [0.29, 0.717) is 0 Å². The van der Waals surface area contributed by atoms with Crippen molar-refractivity contribution in [3.05, 3.63) is 50.0 Å². The van der Waals surface area contributed by atoms with Crippen molar-refractivity contribution in [1.82, 2.24) is 0 Å². The van der Waals surface area contributed by atoms with Crippen LogP contribution < -0.4 is 0 Å². The maximum Gasteiger partial charge on any atom is 0 e. The molecule has 0 saturated carbocycles. The summed E-state index contributed by atoms with van der Waals surface area (Å²) in [7, 11) is 10.5. The van der Waals surface area contributed by atoms with E-state index in [-0.39, 0.29) is 49.5 Å². The second-order valence-electron chi connectivity index (χ2n) is 1.84. The predicted molar refractivity (Wildman–Crippen MR) is 84.7 cm³/mol. The van der Waals surface area contributed by atoms with Gasteiger partial charge in [0.2, 0.25) is 0 Å². The molecular weight excluding hydrogens is 383 g/mol. The Morgan fingerprint density at radius 1 is 0.706 bits per heavy atom. The second kappa shape index (κ2) is 194. The molecular formula is C11H35N5Ta-8. The van der Waals surface area contributed by atoms with Gasteiger partial charge in [-0.15, -0.1) is 0 Å². The van der Waals surface area contributed by atoms with Crippen LogP contribution in [0.25, 0.3) is 28.3 Å². The third-order valence-corrected chi connectivity index (χ3v) is 0. The van der Waals surface area contributed by atoms with Gasteiger partial charge in [0.05, 0.1) is 0 Å². The van der Waals surface area contributed by atoms with Gasteiger partial charge in [-0.1, -0.05) is 6.92 Å². The van der Waals surface area contributed by atoms with E-state index in [1.54, 1.807) is 42.3 Å². The smallest absolute Gasteiger partial charge is 0 e. The molecule has 0 aromatic rings. The summed E-state index contributed by atoms with van der Waals surface area (Å²) in [6, 6.07) is 0. The van der Waals surface area contributed by atoms with Gasteiger partial charge in [0.15, 0.2) is 0 Å². The van der Waals surface area contributed by atoms with Crippen molar-refractivity contribution < 1.29 is 22.4 Å². The maximum atomic E-state index is 3.50. The second-order valence-corrected chi connectivity index (χ2v) is 1.84. The van der Waals surface area contributed by atoms with Crippen molar-refractivity contribution in [2.75, 3.05) is 42.3 Å². The molecule has 0 unspecified atom stereocenters. The Balaban J connectivity index is -0.00000000653. The van der Waals surface area contributed by atoms with Crippen molar-refractivity contribution in [1.29, 1.82) is 0 Å². The van der Waals surface area contributed by atoms with E-state index in [0.717, 1.165) is 6.42 Å². The Hall–Kier alpha value is 0.540. The van der Waals surface area contributed by atoms with Crippen LogP contribution in [0.5, 0.6) is 0 Å². The van der Waals surface area contributed by atoms with E-state index in [4.69, 9.17) is 0 Å². The van der Waals surface area contributed by atoms with Crippen molar-refractivity contribution in [3.63, 3.8) is 0 Å². The molecule has 17 heavy (non-hydrogen) atoms. The van der Waals surface area contributed by atoms with Crippen molar-refractivity contribution >= 4 is 0 Å². The third-order valence-electron chi connectivity index (χ3n) is 0. The summed E-state index contributed by atoms with van der Waals surface area (Å²) in [6.45, 7) is 5.50. The first-order valence-corrected chi connectivity index (χ1v) is 3.89. The first-order valence-electron chi connectivity index (χ1n) is 3.89. The summed E-state index contributed by atoms with van der Waals surface area (Å²) in [4.78, 5) is 0. The average molecular weight is 418 g/mol. The summed E-state index contributed by atoms with van der Waals surface area (Å²) in [6.07, 6.45) is 1.00. The molecule has 0 amide bonds. The topological polar surface area (TPSA) is 109 Å². The van der Waals surface area contributed by atoms with Crippen LogP contribution in [-0.2, 0) is 22.4 Å². The molecule has 0 aliphatic carbocycles. The van der Waals surface area contributed by atoms with E-state index in [9.17, 15) is 0 Å². The van der Waals surface area contributed by atoms with Gasteiger partial charge in [0, 0.05) is 22.4 Å². The molecule has 0 aromatic carbocycles. The molecule has 4 N–H and O–H groups in total. The summed E-state index contributed by atoms with van der Waals surface area (Å²) in [5.74, 6) is 0. The number of nitrogens with two attached hydrogens (primary N) is 2. The SMILES string of the molecule is C[N-]C.C[N-]C.C[N-]C.[CH2-]CC.[CH3-].[CH3-].[NH2-].[NH2-].[Ta]. The minimum Gasteiger partial charge on any atom is -0.693 e. The Morgan fingerprint density at radius 3 is 0.706 bits per heavy atom. The molecule has 0 spiro atoms. The molecule has 0 aliphatic rings. The molecule has 5 nitrogen and oxygen atoms in total. The number of rotatable bonds is 0. The van der Waals surface area contributed by atoms with Crippen molar-refractivity contribution in [2.24, 2.45) is 0 Å². The zero-order chi connectivity index (χ0) is 10.8. The van der Waals surface area contributed by atoms with Crippen LogP contribution in [0, 0.1) is 21.8 Å². The predicted octanol–water partition coefficient (Wildman–Crippen LogP) is 5.42. The molecule has 117 valence electrons. The Kier molecular flexibility index (Phi) is 750. The third kappa shape index (κ3) is 12000. The van der Waals surface area contributed by atoms with Gasteiger partial charge in [0.1, 0.15) is 0 Å². The fourth-order valence-electron chi connectivity index (χ4n) is 0. The molecule has 0 fully saturated rings. The molecule has 1 radical (unpaired) electrons. The van der Waals surface area contributed by atoms with Gasteiger partial charge in [-0.2, -0.15) is 48.7 Å². The van der Waals surface area contributed by atoms with E-state index < -0.39 is 0 Å². The standard InChI is InChI=1S/C3H7.3C2H6N.2CH3.2H2N.Ta/c4*1-3-2;;;;;/h1,3H2,2H3;3*1-2H3;2*1H3;2*1H2;/q8*-1;. The van der Waals surface area contributed by atoms with Crippen LogP contribution in [-0.4, -0.2) is 42.3 Å². The first kappa shape index (κ1) is 65.8. The minimum atomic E-state index is 0. The first-order chi connectivity index (χ1) is 5.66. The van der Waals surface area contributed by atoms with Gasteiger partial charge in [0.25, 0.3) is 0 Å². The Morgan fingerprint density at radius 2 is 0.706 bits per heavy atom. The quantitative estimate of drug-likeness (QED) is 0.468. The monoisotopic (exact) mass is 418 g/mol.